The van der Waals surface area contributed by atoms with Crippen LogP contribution in [0.4, 0.5) is 11.4 Å². The van der Waals surface area contributed by atoms with E-state index < -0.39 is 11.0 Å². The monoisotopic (exact) mass is 290 g/mol. The predicted molar refractivity (Wildman–Crippen MR) is 73.3 cm³/mol. The SMILES string of the molecule is O=[N+]([O-])c1cc(-n2cnnn2)ccc1N1CCC[C@@H](O)C1. The van der Waals surface area contributed by atoms with Gasteiger partial charge >= 0.3 is 0 Å². The maximum atomic E-state index is 11.3. The van der Waals surface area contributed by atoms with E-state index in [0.29, 0.717) is 24.5 Å². The highest BCUT2D eigenvalue weighted by Crippen LogP contribution is 2.32. The number of aromatic nitrogens is 4. The van der Waals surface area contributed by atoms with Crippen molar-refractivity contribution in [3.8, 4) is 5.69 Å². The van der Waals surface area contributed by atoms with Gasteiger partial charge in [0, 0.05) is 19.2 Å². The van der Waals surface area contributed by atoms with Gasteiger partial charge < -0.3 is 10.0 Å². The molecule has 110 valence electrons. The van der Waals surface area contributed by atoms with Crippen molar-refractivity contribution in [3.63, 3.8) is 0 Å². The normalized spacial score (nSPS) is 18.7. The number of rotatable bonds is 3. The Morgan fingerprint density at radius 1 is 1.43 bits per heavy atom. The molecule has 9 heteroatoms. The van der Waals surface area contributed by atoms with Gasteiger partial charge in [0.05, 0.1) is 16.7 Å². The number of nitrogens with zero attached hydrogens (tertiary/aromatic N) is 6. The summed E-state index contributed by atoms with van der Waals surface area (Å²) in [6, 6.07) is 4.83. The number of piperidine rings is 1. The molecule has 1 atom stereocenters. The average Bonchev–Trinajstić information content (AvgIpc) is 3.01. The van der Waals surface area contributed by atoms with Gasteiger partial charge in [-0.25, -0.2) is 4.68 Å². The molecule has 1 aromatic heterocycles. The minimum absolute atomic E-state index is 0.0166. The fourth-order valence-corrected chi connectivity index (χ4v) is 2.52. The van der Waals surface area contributed by atoms with Crippen LogP contribution >= 0.6 is 0 Å². The summed E-state index contributed by atoms with van der Waals surface area (Å²) in [7, 11) is 0. The predicted octanol–water partition coefficient (Wildman–Crippen LogP) is 0.532. The van der Waals surface area contributed by atoms with Crippen molar-refractivity contribution < 1.29 is 10.0 Å². The van der Waals surface area contributed by atoms with Crippen molar-refractivity contribution in [2.24, 2.45) is 0 Å². The summed E-state index contributed by atoms with van der Waals surface area (Å²) < 4.78 is 1.36. The Balaban J connectivity index is 1.98. The van der Waals surface area contributed by atoms with Crippen molar-refractivity contribution in [2.45, 2.75) is 18.9 Å². The molecule has 1 saturated heterocycles. The van der Waals surface area contributed by atoms with Crippen LogP contribution in [0.3, 0.4) is 0 Å². The molecule has 21 heavy (non-hydrogen) atoms. The van der Waals surface area contributed by atoms with Crippen LogP contribution in [0.1, 0.15) is 12.8 Å². The van der Waals surface area contributed by atoms with Crippen LogP contribution in [0.15, 0.2) is 24.5 Å². The molecule has 3 rings (SSSR count). The number of nitro groups is 1. The van der Waals surface area contributed by atoms with E-state index in [0.717, 1.165) is 12.8 Å². The van der Waals surface area contributed by atoms with Crippen LogP contribution in [0.25, 0.3) is 5.69 Å². The lowest BCUT2D eigenvalue weighted by Gasteiger charge is -2.31. The molecule has 0 radical (unpaired) electrons. The third kappa shape index (κ3) is 2.68. The first-order chi connectivity index (χ1) is 10.1. The van der Waals surface area contributed by atoms with Gasteiger partial charge in [-0.15, -0.1) is 5.10 Å². The number of anilines is 1. The first kappa shape index (κ1) is 13.4. The smallest absolute Gasteiger partial charge is 0.294 e. The Morgan fingerprint density at radius 3 is 2.95 bits per heavy atom. The lowest BCUT2D eigenvalue weighted by Crippen LogP contribution is -2.38. The average molecular weight is 290 g/mol. The Labute approximate surface area is 119 Å². The summed E-state index contributed by atoms with van der Waals surface area (Å²) in [5.74, 6) is 0. The minimum Gasteiger partial charge on any atom is -0.391 e. The molecule has 0 bridgehead atoms. The van der Waals surface area contributed by atoms with Crippen LogP contribution in [-0.4, -0.2) is 49.4 Å². The minimum atomic E-state index is -0.447. The van der Waals surface area contributed by atoms with Crippen molar-refractivity contribution in [2.75, 3.05) is 18.0 Å². The number of nitro benzene ring substituents is 1. The fraction of sp³-hybridized carbons (Fsp3) is 0.417. The van der Waals surface area contributed by atoms with E-state index in [4.69, 9.17) is 0 Å². The fourth-order valence-electron chi connectivity index (χ4n) is 2.52. The Kier molecular flexibility index (Phi) is 3.48. The van der Waals surface area contributed by atoms with Gasteiger partial charge in [0.15, 0.2) is 0 Å². The summed E-state index contributed by atoms with van der Waals surface area (Å²) in [4.78, 5) is 12.7. The molecule has 1 aromatic carbocycles. The van der Waals surface area contributed by atoms with E-state index in [1.54, 1.807) is 12.1 Å². The number of hydrogen-bond acceptors (Lipinski definition) is 7. The Hall–Kier alpha value is -2.55. The summed E-state index contributed by atoms with van der Waals surface area (Å²) in [6.45, 7) is 1.10. The summed E-state index contributed by atoms with van der Waals surface area (Å²) in [5, 5.41) is 31.8. The van der Waals surface area contributed by atoms with Gasteiger partial charge in [0.1, 0.15) is 12.0 Å². The van der Waals surface area contributed by atoms with Gasteiger partial charge in [-0.2, -0.15) is 0 Å². The van der Waals surface area contributed by atoms with Crippen LogP contribution in [-0.2, 0) is 0 Å². The van der Waals surface area contributed by atoms with E-state index in [-0.39, 0.29) is 5.69 Å². The van der Waals surface area contributed by atoms with Crippen LogP contribution in [0.2, 0.25) is 0 Å². The zero-order valence-electron chi connectivity index (χ0n) is 11.2. The molecule has 1 N–H and O–H groups in total. The second-order valence-electron chi connectivity index (χ2n) is 4.93. The standard InChI is InChI=1S/C12H14N6O3/c19-10-2-1-5-16(7-10)11-4-3-9(6-12(11)18(20)21)17-8-13-14-15-17/h3-4,6,8,10,19H,1-2,5,7H2/t10-/m1/s1. The molecule has 9 nitrogen and oxygen atoms in total. The van der Waals surface area contributed by atoms with Crippen molar-refractivity contribution in [3.05, 3.63) is 34.6 Å². The molecule has 1 aliphatic rings. The number of hydrogen-bond donors (Lipinski definition) is 1. The van der Waals surface area contributed by atoms with Gasteiger partial charge in [0.25, 0.3) is 5.69 Å². The molecular weight excluding hydrogens is 276 g/mol. The summed E-state index contributed by atoms with van der Waals surface area (Å²) in [6.07, 6.45) is 2.47. The second kappa shape index (κ2) is 5.44. The molecule has 0 saturated carbocycles. The van der Waals surface area contributed by atoms with Crippen LogP contribution in [0.5, 0.6) is 0 Å². The zero-order valence-corrected chi connectivity index (χ0v) is 11.2. The summed E-state index contributed by atoms with van der Waals surface area (Å²) in [5.41, 5.74) is 1.01. The largest absolute Gasteiger partial charge is 0.391 e. The van der Waals surface area contributed by atoms with Gasteiger partial charge in [-0.05, 0) is 35.4 Å². The molecule has 2 heterocycles. The number of aliphatic hydroxyl groups is 1. The number of β-amino-alcohol motifs (C(OH)–C–C–N with tert-alkyl or cyclic N) is 1. The third-order valence-corrected chi connectivity index (χ3v) is 3.51. The van der Waals surface area contributed by atoms with Crippen molar-refractivity contribution in [1.29, 1.82) is 0 Å². The Bertz CT molecular complexity index is 644. The highest BCUT2D eigenvalue weighted by atomic mass is 16.6. The van der Waals surface area contributed by atoms with E-state index in [9.17, 15) is 15.2 Å². The topological polar surface area (TPSA) is 110 Å². The van der Waals surface area contributed by atoms with E-state index in [1.807, 2.05) is 4.90 Å². The quantitative estimate of drug-likeness (QED) is 0.648. The van der Waals surface area contributed by atoms with Gasteiger partial charge in [0.2, 0.25) is 0 Å². The van der Waals surface area contributed by atoms with Crippen molar-refractivity contribution in [1.82, 2.24) is 20.2 Å². The van der Waals surface area contributed by atoms with Crippen molar-refractivity contribution >= 4 is 11.4 Å². The maximum absolute atomic E-state index is 11.3. The summed E-state index contributed by atoms with van der Waals surface area (Å²) >= 11 is 0. The zero-order chi connectivity index (χ0) is 14.8. The van der Waals surface area contributed by atoms with E-state index in [1.165, 1.54) is 17.1 Å². The maximum Gasteiger partial charge on any atom is 0.294 e. The molecule has 1 fully saturated rings. The molecular formula is C12H14N6O3. The second-order valence-corrected chi connectivity index (χ2v) is 4.93. The van der Waals surface area contributed by atoms with E-state index >= 15 is 0 Å². The molecule has 0 amide bonds. The third-order valence-electron chi connectivity index (χ3n) is 3.51. The molecule has 1 aliphatic heterocycles. The molecule has 0 spiro atoms. The van der Waals surface area contributed by atoms with Gasteiger partial charge in [-0.3, -0.25) is 10.1 Å². The number of benzene rings is 1. The number of aliphatic hydroxyl groups excluding tert-OH is 1. The Morgan fingerprint density at radius 2 is 2.29 bits per heavy atom. The first-order valence-corrected chi connectivity index (χ1v) is 6.60. The highest BCUT2D eigenvalue weighted by molar-refractivity contribution is 5.66. The van der Waals surface area contributed by atoms with Crippen LogP contribution < -0.4 is 4.90 Å². The van der Waals surface area contributed by atoms with Gasteiger partial charge in [-0.1, -0.05) is 0 Å². The number of tetrazole rings is 1. The van der Waals surface area contributed by atoms with E-state index in [2.05, 4.69) is 15.5 Å². The molecule has 0 unspecified atom stereocenters. The van der Waals surface area contributed by atoms with Crippen LogP contribution in [0, 0.1) is 10.1 Å². The first-order valence-electron chi connectivity index (χ1n) is 6.60. The molecule has 2 aromatic rings. The lowest BCUT2D eigenvalue weighted by molar-refractivity contribution is -0.384. The highest BCUT2D eigenvalue weighted by Gasteiger charge is 2.25. The molecule has 0 aliphatic carbocycles. The lowest BCUT2D eigenvalue weighted by atomic mass is 10.1.